The lowest BCUT2D eigenvalue weighted by Crippen LogP contribution is -2.13. The fourth-order valence-electron chi connectivity index (χ4n) is 1.00. The Morgan fingerprint density at radius 3 is 3.00 bits per heavy atom. The molecule has 0 amide bonds. The van der Waals surface area contributed by atoms with Crippen molar-refractivity contribution in [3.8, 4) is 0 Å². The van der Waals surface area contributed by atoms with E-state index in [1.165, 1.54) is 16.9 Å². The topological polar surface area (TPSA) is 75.3 Å². The quantitative estimate of drug-likeness (QED) is 0.708. The predicted octanol–water partition coefficient (Wildman–Crippen LogP) is 0.352. The summed E-state index contributed by atoms with van der Waals surface area (Å²) in [5.74, 6) is -0.997. The summed E-state index contributed by atoms with van der Waals surface area (Å²) >= 11 is 0. The van der Waals surface area contributed by atoms with Crippen LogP contribution in [0, 0.1) is 0 Å². The Kier molecular flexibility index (Phi) is 3.02. The summed E-state index contributed by atoms with van der Waals surface area (Å²) in [5, 5.41) is 21.5. The van der Waals surface area contributed by atoms with Gasteiger partial charge in [0.25, 0.3) is 0 Å². The van der Waals surface area contributed by atoms with E-state index in [1.807, 2.05) is 0 Å². The molecule has 0 aromatic carbocycles. The first-order valence-electron chi connectivity index (χ1n) is 4.04. The lowest BCUT2D eigenvalue weighted by molar-refractivity contribution is 0.0681. The molecule has 0 unspecified atom stereocenters. The van der Waals surface area contributed by atoms with E-state index in [9.17, 15) is 4.79 Å². The zero-order valence-electron chi connectivity index (χ0n) is 7.34. The number of hydrogen-bond acceptors (Lipinski definition) is 3. The van der Waals surface area contributed by atoms with Crippen molar-refractivity contribution in [2.24, 2.45) is 0 Å². The number of carbonyl (C=O) groups is 1. The Balaban J connectivity index is 2.65. The number of hydrogen-bond donors (Lipinski definition) is 2. The highest BCUT2D eigenvalue weighted by molar-refractivity contribution is 5.85. The summed E-state index contributed by atoms with van der Waals surface area (Å²) in [6, 6.07) is 1.43. The van der Waals surface area contributed by atoms with Gasteiger partial charge in [-0.1, -0.05) is 0 Å². The lowest BCUT2D eigenvalue weighted by atomic mass is 10.3. The highest BCUT2D eigenvalue weighted by Crippen LogP contribution is 2.01. The maximum atomic E-state index is 10.6. The Bertz CT molecular complexity index is 293. The van der Waals surface area contributed by atoms with E-state index in [4.69, 9.17) is 10.2 Å². The first kappa shape index (κ1) is 9.73. The smallest absolute Gasteiger partial charge is 0.354 e. The third-order valence-corrected chi connectivity index (χ3v) is 1.69. The summed E-state index contributed by atoms with van der Waals surface area (Å²) in [6.45, 7) is 2.08. The minimum atomic E-state index is -0.997. The molecule has 0 bridgehead atoms. The van der Waals surface area contributed by atoms with Crippen LogP contribution in [0.2, 0.25) is 0 Å². The molecule has 0 radical (unpaired) electrons. The minimum absolute atomic E-state index is 0.153. The lowest BCUT2D eigenvalue weighted by Gasteiger charge is -2.05. The summed E-state index contributed by atoms with van der Waals surface area (Å²) in [7, 11) is 0. The molecule has 1 atom stereocenters. The number of carboxylic acids is 1. The van der Waals surface area contributed by atoms with Crippen molar-refractivity contribution in [2.75, 3.05) is 0 Å². The van der Waals surface area contributed by atoms with Gasteiger partial charge in [-0.2, -0.15) is 5.10 Å². The molecule has 5 nitrogen and oxygen atoms in total. The summed E-state index contributed by atoms with van der Waals surface area (Å²) in [5.41, 5.74) is 0.153. The first-order valence-corrected chi connectivity index (χ1v) is 4.04. The fraction of sp³-hybridized carbons (Fsp3) is 0.500. The molecule has 5 heteroatoms. The molecule has 0 aliphatic heterocycles. The molecule has 0 aliphatic carbocycles. The van der Waals surface area contributed by atoms with E-state index in [0.29, 0.717) is 13.0 Å². The SMILES string of the molecule is C[C@H](O)CCn1nccc1C(=O)O. The number of aryl methyl sites for hydroxylation is 1. The van der Waals surface area contributed by atoms with Crippen molar-refractivity contribution >= 4 is 5.97 Å². The van der Waals surface area contributed by atoms with Crippen LogP contribution in [0.4, 0.5) is 0 Å². The van der Waals surface area contributed by atoms with Crippen molar-refractivity contribution < 1.29 is 15.0 Å². The molecular weight excluding hydrogens is 172 g/mol. The van der Waals surface area contributed by atoms with Gasteiger partial charge in [0.05, 0.1) is 6.10 Å². The maximum absolute atomic E-state index is 10.6. The van der Waals surface area contributed by atoms with Gasteiger partial charge in [0.15, 0.2) is 0 Å². The van der Waals surface area contributed by atoms with Gasteiger partial charge in [0, 0.05) is 12.7 Å². The molecular formula is C8H12N2O3. The van der Waals surface area contributed by atoms with Gasteiger partial charge in [0.2, 0.25) is 0 Å². The molecule has 1 heterocycles. The molecule has 1 aromatic heterocycles. The number of aliphatic hydroxyl groups excluding tert-OH is 1. The number of aromatic nitrogens is 2. The predicted molar refractivity (Wildman–Crippen MR) is 45.5 cm³/mol. The highest BCUT2D eigenvalue weighted by atomic mass is 16.4. The molecule has 0 saturated carbocycles. The first-order chi connectivity index (χ1) is 6.11. The minimum Gasteiger partial charge on any atom is -0.477 e. The van der Waals surface area contributed by atoms with E-state index in [0.717, 1.165) is 0 Å². The van der Waals surface area contributed by atoms with E-state index in [2.05, 4.69) is 5.10 Å². The molecule has 72 valence electrons. The Morgan fingerprint density at radius 2 is 2.46 bits per heavy atom. The van der Waals surface area contributed by atoms with Crippen LogP contribution in [0.15, 0.2) is 12.3 Å². The van der Waals surface area contributed by atoms with Gasteiger partial charge in [-0.15, -0.1) is 0 Å². The second-order valence-electron chi connectivity index (χ2n) is 2.88. The zero-order valence-corrected chi connectivity index (χ0v) is 7.34. The average Bonchev–Trinajstić information content (AvgIpc) is 2.47. The van der Waals surface area contributed by atoms with Crippen molar-refractivity contribution in [1.82, 2.24) is 9.78 Å². The van der Waals surface area contributed by atoms with Gasteiger partial charge in [-0.25, -0.2) is 4.79 Å². The van der Waals surface area contributed by atoms with Crippen LogP contribution in [-0.4, -0.2) is 32.1 Å². The fourth-order valence-corrected chi connectivity index (χ4v) is 1.00. The third-order valence-electron chi connectivity index (χ3n) is 1.69. The van der Waals surface area contributed by atoms with Gasteiger partial charge >= 0.3 is 5.97 Å². The largest absolute Gasteiger partial charge is 0.477 e. The van der Waals surface area contributed by atoms with Crippen LogP contribution in [0.5, 0.6) is 0 Å². The van der Waals surface area contributed by atoms with Crippen LogP contribution in [-0.2, 0) is 6.54 Å². The van der Waals surface area contributed by atoms with Crippen LogP contribution >= 0.6 is 0 Å². The molecule has 1 rings (SSSR count). The molecule has 13 heavy (non-hydrogen) atoms. The molecule has 0 aliphatic rings. The average molecular weight is 184 g/mol. The van der Waals surface area contributed by atoms with Crippen molar-refractivity contribution in [1.29, 1.82) is 0 Å². The highest BCUT2D eigenvalue weighted by Gasteiger charge is 2.09. The molecule has 0 spiro atoms. The van der Waals surface area contributed by atoms with Gasteiger partial charge in [-0.05, 0) is 19.4 Å². The second-order valence-corrected chi connectivity index (χ2v) is 2.88. The Hall–Kier alpha value is -1.36. The summed E-state index contributed by atoms with van der Waals surface area (Å²) in [6.07, 6.45) is 1.50. The van der Waals surface area contributed by atoms with E-state index < -0.39 is 12.1 Å². The monoisotopic (exact) mass is 184 g/mol. The van der Waals surface area contributed by atoms with E-state index in [1.54, 1.807) is 6.92 Å². The standard InChI is InChI=1S/C8H12N2O3/c1-6(11)3-5-10-7(8(12)13)2-4-9-10/h2,4,6,11H,3,5H2,1H3,(H,12,13)/t6-/m0/s1. The number of aromatic carboxylic acids is 1. The van der Waals surface area contributed by atoms with Gasteiger partial charge in [-0.3, -0.25) is 4.68 Å². The normalized spacial score (nSPS) is 12.8. The van der Waals surface area contributed by atoms with Crippen molar-refractivity contribution in [3.05, 3.63) is 18.0 Å². The van der Waals surface area contributed by atoms with Crippen LogP contribution < -0.4 is 0 Å². The van der Waals surface area contributed by atoms with Gasteiger partial charge in [0.1, 0.15) is 5.69 Å². The number of nitrogens with zero attached hydrogens (tertiary/aromatic N) is 2. The molecule has 0 fully saturated rings. The number of carboxylic acid groups (broad SMARTS) is 1. The summed E-state index contributed by atoms with van der Waals surface area (Å²) < 4.78 is 1.37. The summed E-state index contributed by atoms with van der Waals surface area (Å²) in [4.78, 5) is 10.6. The third kappa shape index (κ3) is 2.55. The van der Waals surface area contributed by atoms with Crippen LogP contribution in [0.25, 0.3) is 0 Å². The van der Waals surface area contributed by atoms with E-state index >= 15 is 0 Å². The Labute approximate surface area is 75.6 Å². The number of aliphatic hydroxyl groups is 1. The zero-order chi connectivity index (χ0) is 9.84. The van der Waals surface area contributed by atoms with E-state index in [-0.39, 0.29) is 5.69 Å². The van der Waals surface area contributed by atoms with Gasteiger partial charge < -0.3 is 10.2 Å². The van der Waals surface area contributed by atoms with Crippen LogP contribution in [0.1, 0.15) is 23.8 Å². The molecule has 2 N–H and O–H groups in total. The molecule has 0 saturated heterocycles. The van der Waals surface area contributed by atoms with Crippen LogP contribution in [0.3, 0.4) is 0 Å². The molecule has 1 aromatic rings. The van der Waals surface area contributed by atoms with Crippen molar-refractivity contribution in [2.45, 2.75) is 26.0 Å². The number of rotatable bonds is 4. The van der Waals surface area contributed by atoms with Crippen molar-refractivity contribution in [3.63, 3.8) is 0 Å². The Morgan fingerprint density at radius 1 is 1.77 bits per heavy atom. The maximum Gasteiger partial charge on any atom is 0.354 e. The second kappa shape index (κ2) is 4.04.